The van der Waals surface area contributed by atoms with E-state index in [0.29, 0.717) is 23.7 Å². The van der Waals surface area contributed by atoms with Crippen LogP contribution >= 0.6 is 0 Å². The van der Waals surface area contributed by atoms with Gasteiger partial charge in [0.05, 0.1) is 13.7 Å². The molecule has 0 saturated heterocycles. The number of aromatic carboxylic acids is 1. The molecule has 1 aromatic heterocycles. The minimum absolute atomic E-state index is 0.130. The third-order valence-electron chi connectivity index (χ3n) is 2.60. The van der Waals surface area contributed by atoms with Crippen molar-refractivity contribution in [3.63, 3.8) is 0 Å². The summed E-state index contributed by atoms with van der Waals surface area (Å²) in [5.74, 6) is -0.106. The molecule has 6 nitrogen and oxygen atoms in total. The smallest absolute Gasteiger partial charge is 0.358 e. The van der Waals surface area contributed by atoms with Gasteiger partial charge < -0.3 is 19.1 Å². The predicted molar refractivity (Wildman–Crippen MR) is 66.2 cm³/mol. The van der Waals surface area contributed by atoms with Crippen LogP contribution in [0.3, 0.4) is 0 Å². The standard InChI is InChI=1S/C13H13NO5/c1-17-7-9-4-3-8(5-11(9)18-2)12-6-10(13(15)16)14-19-12/h3-6H,7H2,1-2H3,(H,15,16). The highest BCUT2D eigenvalue weighted by Crippen LogP contribution is 2.28. The normalized spacial score (nSPS) is 10.4. The maximum Gasteiger partial charge on any atom is 0.358 e. The minimum atomic E-state index is -1.13. The molecule has 1 N–H and O–H groups in total. The van der Waals surface area contributed by atoms with Gasteiger partial charge >= 0.3 is 5.97 Å². The lowest BCUT2D eigenvalue weighted by molar-refractivity contribution is 0.0686. The van der Waals surface area contributed by atoms with E-state index in [2.05, 4.69) is 5.16 Å². The van der Waals surface area contributed by atoms with Crippen molar-refractivity contribution >= 4 is 5.97 Å². The number of ether oxygens (including phenoxy) is 2. The fourth-order valence-corrected chi connectivity index (χ4v) is 1.68. The molecule has 100 valence electrons. The van der Waals surface area contributed by atoms with Crippen molar-refractivity contribution in [2.45, 2.75) is 6.61 Å². The summed E-state index contributed by atoms with van der Waals surface area (Å²) in [6.07, 6.45) is 0. The van der Waals surface area contributed by atoms with Gasteiger partial charge in [-0.05, 0) is 6.07 Å². The molecule has 0 aliphatic heterocycles. The second-order valence-electron chi connectivity index (χ2n) is 3.84. The Balaban J connectivity index is 2.36. The summed E-state index contributed by atoms with van der Waals surface area (Å²) in [6, 6.07) is 6.75. The summed E-state index contributed by atoms with van der Waals surface area (Å²) in [5.41, 5.74) is 1.46. The molecule has 2 aromatic rings. The van der Waals surface area contributed by atoms with E-state index >= 15 is 0 Å². The maximum atomic E-state index is 10.7. The number of aromatic nitrogens is 1. The Hall–Kier alpha value is -2.34. The van der Waals surface area contributed by atoms with Gasteiger partial charge in [0.2, 0.25) is 0 Å². The monoisotopic (exact) mass is 263 g/mol. The summed E-state index contributed by atoms with van der Waals surface area (Å²) in [4.78, 5) is 10.7. The lowest BCUT2D eigenvalue weighted by atomic mass is 10.1. The van der Waals surface area contributed by atoms with Gasteiger partial charge in [0.1, 0.15) is 5.75 Å². The number of benzene rings is 1. The second kappa shape index (κ2) is 5.53. The summed E-state index contributed by atoms with van der Waals surface area (Å²) >= 11 is 0. The SMILES string of the molecule is COCc1ccc(-c2cc(C(=O)O)no2)cc1OC. The molecule has 0 spiro atoms. The summed E-state index contributed by atoms with van der Waals surface area (Å²) in [7, 11) is 3.16. The molecule has 0 saturated carbocycles. The van der Waals surface area contributed by atoms with E-state index in [-0.39, 0.29) is 5.69 Å². The molecule has 0 fully saturated rings. The average molecular weight is 263 g/mol. The second-order valence-corrected chi connectivity index (χ2v) is 3.84. The van der Waals surface area contributed by atoms with Gasteiger partial charge in [0, 0.05) is 24.3 Å². The van der Waals surface area contributed by atoms with Crippen molar-refractivity contribution in [1.82, 2.24) is 5.16 Å². The van der Waals surface area contributed by atoms with E-state index in [4.69, 9.17) is 19.1 Å². The van der Waals surface area contributed by atoms with Crippen LogP contribution in [0.4, 0.5) is 0 Å². The molecular formula is C13H13NO5. The predicted octanol–water partition coefficient (Wildman–Crippen LogP) is 2.19. The van der Waals surface area contributed by atoms with Gasteiger partial charge in [0.15, 0.2) is 11.5 Å². The minimum Gasteiger partial charge on any atom is -0.496 e. The first-order valence-electron chi connectivity index (χ1n) is 5.52. The third kappa shape index (κ3) is 2.74. The quantitative estimate of drug-likeness (QED) is 0.890. The Morgan fingerprint density at radius 1 is 1.37 bits per heavy atom. The summed E-state index contributed by atoms with van der Waals surface area (Å²) < 4.78 is 15.3. The number of hydrogen-bond donors (Lipinski definition) is 1. The number of nitrogens with zero attached hydrogens (tertiary/aromatic N) is 1. The molecule has 6 heteroatoms. The fraction of sp³-hybridized carbons (Fsp3) is 0.231. The Morgan fingerprint density at radius 2 is 2.16 bits per heavy atom. The fourth-order valence-electron chi connectivity index (χ4n) is 1.68. The van der Waals surface area contributed by atoms with Crippen LogP contribution in [-0.4, -0.2) is 30.5 Å². The molecule has 0 radical (unpaired) electrons. The zero-order valence-corrected chi connectivity index (χ0v) is 10.5. The van der Waals surface area contributed by atoms with E-state index < -0.39 is 5.97 Å². The number of rotatable bonds is 5. The van der Waals surface area contributed by atoms with Crippen molar-refractivity contribution in [3.05, 3.63) is 35.5 Å². The zero-order chi connectivity index (χ0) is 13.8. The molecule has 1 aromatic carbocycles. The van der Waals surface area contributed by atoms with Gasteiger partial charge in [-0.1, -0.05) is 17.3 Å². The van der Waals surface area contributed by atoms with E-state index in [0.717, 1.165) is 5.56 Å². The van der Waals surface area contributed by atoms with Crippen molar-refractivity contribution < 1.29 is 23.9 Å². The van der Waals surface area contributed by atoms with E-state index in [1.165, 1.54) is 6.07 Å². The number of carboxylic acids is 1. The van der Waals surface area contributed by atoms with Gasteiger partial charge in [-0.25, -0.2) is 4.79 Å². The average Bonchev–Trinajstić information content (AvgIpc) is 2.89. The number of carbonyl (C=O) groups is 1. The Kier molecular flexibility index (Phi) is 3.82. The highest BCUT2D eigenvalue weighted by atomic mass is 16.5. The van der Waals surface area contributed by atoms with Crippen LogP contribution in [0, 0.1) is 0 Å². The largest absolute Gasteiger partial charge is 0.496 e. The van der Waals surface area contributed by atoms with Gasteiger partial charge in [-0.15, -0.1) is 0 Å². The van der Waals surface area contributed by atoms with E-state index in [1.807, 2.05) is 6.07 Å². The zero-order valence-electron chi connectivity index (χ0n) is 10.5. The van der Waals surface area contributed by atoms with Gasteiger partial charge in [0.25, 0.3) is 0 Å². The lowest BCUT2D eigenvalue weighted by Gasteiger charge is -2.08. The number of methoxy groups -OCH3 is 2. The van der Waals surface area contributed by atoms with Crippen LogP contribution in [0.25, 0.3) is 11.3 Å². The van der Waals surface area contributed by atoms with Crippen molar-refractivity contribution in [2.24, 2.45) is 0 Å². The maximum absolute atomic E-state index is 10.7. The van der Waals surface area contributed by atoms with Crippen molar-refractivity contribution in [1.29, 1.82) is 0 Å². The first-order valence-corrected chi connectivity index (χ1v) is 5.52. The summed E-state index contributed by atoms with van der Waals surface area (Å²) in [6.45, 7) is 0.431. The molecule has 0 amide bonds. The molecule has 0 aliphatic carbocycles. The Bertz CT molecular complexity index is 590. The topological polar surface area (TPSA) is 81.8 Å². The molecule has 2 rings (SSSR count). The van der Waals surface area contributed by atoms with Crippen LogP contribution in [-0.2, 0) is 11.3 Å². The molecule has 1 heterocycles. The van der Waals surface area contributed by atoms with Crippen LogP contribution in [0.5, 0.6) is 5.75 Å². The van der Waals surface area contributed by atoms with Crippen LogP contribution in [0.1, 0.15) is 16.1 Å². The summed E-state index contributed by atoms with van der Waals surface area (Å²) in [5, 5.41) is 12.3. The van der Waals surface area contributed by atoms with Gasteiger partial charge in [-0.3, -0.25) is 0 Å². The van der Waals surface area contributed by atoms with Gasteiger partial charge in [-0.2, -0.15) is 0 Å². The van der Waals surface area contributed by atoms with Crippen molar-refractivity contribution in [3.8, 4) is 17.1 Å². The van der Waals surface area contributed by atoms with E-state index in [9.17, 15) is 4.79 Å². The number of hydrogen-bond acceptors (Lipinski definition) is 5. The number of carboxylic acid groups (broad SMARTS) is 1. The first-order chi connectivity index (χ1) is 9.15. The van der Waals surface area contributed by atoms with Crippen LogP contribution in [0.2, 0.25) is 0 Å². The van der Waals surface area contributed by atoms with Crippen LogP contribution < -0.4 is 4.74 Å². The highest BCUT2D eigenvalue weighted by molar-refractivity contribution is 5.86. The molecule has 19 heavy (non-hydrogen) atoms. The Labute approximate surface area is 109 Å². The molecule has 0 aliphatic rings. The first kappa shape index (κ1) is 13.1. The third-order valence-corrected chi connectivity index (χ3v) is 2.60. The molecule has 0 bridgehead atoms. The molecule has 0 unspecified atom stereocenters. The Morgan fingerprint density at radius 3 is 2.74 bits per heavy atom. The molecular weight excluding hydrogens is 250 g/mol. The molecule has 0 atom stereocenters. The van der Waals surface area contributed by atoms with Crippen molar-refractivity contribution in [2.75, 3.05) is 14.2 Å². The lowest BCUT2D eigenvalue weighted by Crippen LogP contribution is -1.95. The van der Waals surface area contributed by atoms with E-state index in [1.54, 1.807) is 26.4 Å². The van der Waals surface area contributed by atoms with Crippen LogP contribution in [0.15, 0.2) is 28.8 Å². The highest BCUT2D eigenvalue weighted by Gasteiger charge is 2.13.